The molecule has 1 aliphatic rings. The lowest BCUT2D eigenvalue weighted by Crippen LogP contribution is -2.52. The van der Waals surface area contributed by atoms with Gasteiger partial charge in [0.25, 0.3) is 5.56 Å². The van der Waals surface area contributed by atoms with Gasteiger partial charge in [-0.2, -0.15) is 4.31 Å². The summed E-state index contributed by atoms with van der Waals surface area (Å²) >= 11 is 0. The number of H-pyrrole nitrogens is 1. The van der Waals surface area contributed by atoms with Crippen molar-refractivity contribution in [3.8, 4) is 0 Å². The van der Waals surface area contributed by atoms with E-state index in [1.165, 1.54) is 4.31 Å². The number of aromatic nitrogens is 2. The van der Waals surface area contributed by atoms with Crippen molar-refractivity contribution in [2.24, 2.45) is 0 Å². The molecule has 0 bridgehead atoms. The molecule has 1 unspecified atom stereocenters. The number of sulfonamides is 1. The number of piperidine rings is 1. The predicted molar refractivity (Wildman–Crippen MR) is 121 cm³/mol. The van der Waals surface area contributed by atoms with Crippen LogP contribution in [0, 0.1) is 0 Å². The molecule has 0 aliphatic carbocycles. The molecule has 3 aromatic rings. The van der Waals surface area contributed by atoms with E-state index in [0.717, 1.165) is 6.42 Å². The zero-order valence-electron chi connectivity index (χ0n) is 17.9. The molecule has 2 heterocycles. The molecule has 1 amide bonds. The van der Waals surface area contributed by atoms with Gasteiger partial charge in [-0.15, -0.1) is 0 Å². The number of aromatic amines is 1. The number of hydrogen-bond donors (Lipinski definition) is 1. The molecule has 32 heavy (non-hydrogen) atoms. The normalized spacial score (nSPS) is 17.3. The van der Waals surface area contributed by atoms with Crippen molar-refractivity contribution in [1.29, 1.82) is 0 Å². The van der Waals surface area contributed by atoms with Gasteiger partial charge in [0.15, 0.2) is 0 Å². The van der Waals surface area contributed by atoms with Gasteiger partial charge < -0.3 is 9.88 Å². The number of rotatable bonds is 6. The topological polar surface area (TPSA) is 103 Å². The van der Waals surface area contributed by atoms with Crippen molar-refractivity contribution in [2.45, 2.75) is 43.7 Å². The van der Waals surface area contributed by atoms with E-state index in [4.69, 9.17) is 0 Å². The monoisotopic (exact) mass is 454 g/mol. The smallest absolute Gasteiger partial charge is 0.258 e. The molecule has 1 atom stereocenters. The number of benzene rings is 2. The average Bonchev–Trinajstić information content (AvgIpc) is 2.82. The van der Waals surface area contributed by atoms with Gasteiger partial charge in [-0.1, -0.05) is 36.8 Å². The first-order valence-electron chi connectivity index (χ1n) is 10.8. The summed E-state index contributed by atoms with van der Waals surface area (Å²) in [4.78, 5) is 34.8. The number of para-hydroxylation sites is 1. The van der Waals surface area contributed by atoms with Gasteiger partial charge in [0, 0.05) is 13.1 Å². The van der Waals surface area contributed by atoms with Crippen LogP contribution in [0.3, 0.4) is 0 Å². The lowest BCUT2D eigenvalue weighted by molar-refractivity contribution is -0.136. The van der Waals surface area contributed by atoms with Crippen molar-refractivity contribution in [1.82, 2.24) is 19.2 Å². The van der Waals surface area contributed by atoms with E-state index in [9.17, 15) is 18.0 Å². The molecule has 1 aliphatic heterocycles. The Hall–Kier alpha value is -3.04. The fourth-order valence-electron chi connectivity index (χ4n) is 4.11. The number of carbonyl (C=O) groups excluding carboxylic acids is 1. The fourth-order valence-corrected chi connectivity index (χ4v) is 5.79. The Morgan fingerprint density at radius 1 is 1.12 bits per heavy atom. The van der Waals surface area contributed by atoms with Gasteiger partial charge in [-0.3, -0.25) is 9.59 Å². The van der Waals surface area contributed by atoms with Crippen LogP contribution in [-0.4, -0.2) is 52.6 Å². The summed E-state index contributed by atoms with van der Waals surface area (Å²) in [5.41, 5.74) is 0.292. The van der Waals surface area contributed by atoms with Crippen LogP contribution < -0.4 is 5.56 Å². The van der Waals surface area contributed by atoms with Gasteiger partial charge in [-0.05, 0) is 44.0 Å². The van der Waals surface area contributed by atoms with E-state index in [0.29, 0.717) is 42.7 Å². The molecule has 2 aromatic carbocycles. The minimum Gasteiger partial charge on any atom is -0.334 e. The highest BCUT2D eigenvalue weighted by Crippen LogP contribution is 2.27. The van der Waals surface area contributed by atoms with Gasteiger partial charge >= 0.3 is 0 Å². The second kappa shape index (κ2) is 9.22. The summed E-state index contributed by atoms with van der Waals surface area (Å²) in [6.45, 7) is 2.60. The molecule has 1 saturated heterocycles. The van der Waals surface area contributed by atoms with E-state index >= 15 is 0 Å². The van der Waals surface area contributed by atoms with E-state index in [1.54, 1.807) is 59.5 Å². The Kier molecular flexibility index (Phi) is 6.38. The summed E-state index contributed by atoms with van der Waals surface area (Å²) in [6, 6.07) is 14.4. The SMILES string of the molecule is CCN(Cc1nc2ccccc2c(=O)[nH]1)C(=O)C1CCCCN1S(=O)(=O)c1ccccc1. The quantitative estimate of drug-likeness (QED) is 0.616. The lowest BCUT2D eigenvalue weighted by Gasteiger charge is -2.36. The standard InChI is InChI=1S/C23H26N4O4S/c1-2-26(16-21-24-19-13-7-6-12-18(19)22(28)25-21)23(29)20-14-8-9-15-27(20)32(30,31)17-10-4-3-5-11-17/h3-7,10-13,20H,2,8-9,14-16H2,1H3,(H,24,25,28). The highest BCUT2D eigenvalue weighted by molar-refractivity contribution is 7.89. The second-order valence-electron chi connectivity index (χ2n) is 7.82. The van der Waals surface area contributed by atoms with Gasteiger partial charge in [0.2, 0.25) is 15.9 Å². The molecule has 1 N–H and O–H groups in total. The number of likely N-dealkylation sites (N-methyl/N-ethyl adjacent to an activating group) is 1. The summed E-state index contributed by atoms with van der Waals surface area (Å²) in [7, 11) is -3.79. The molecule has 1 aromatic heterocycles. The Morgan fingerprint density at radius 3 is 2.59 bits per heavy atom. The molecule has 0 spiro atoms. The van der Waals surface area contributed by atoms with Crippen molar-refractivity contribution in [3.05, 3.63) is 70.8 Å². The number of hydrogen-bond acceptors (Lipinski definition) is 5. The van der Waals surface area contributed by atoms with E-state index in [-0.39, 0.29) is 22.9 Å². The Bertz CT molecular complexity index is 1270. The van der Waals surface area contributed by atoms with Crippen LogP contribution in [0.2, 0.25) is 0 Å². The fraction of sp³-hybridized carbons (Fsp3) is 0.348. The van der Waals surface area contributed by atoms with Crippen molar-refractivity contribution in [2.75, 3.05) is 13.1 Å². The van der Waals surface area contributed by atoms with E-state index < -0.39 is 16.1 Å². The molecule has 9 heteroatoms. The van der Waals surface area contributed by atoms with Crippen molar-refractivity contribution >= 4 is 26.8 Å². The first-order valence-corrected chi connectivity index (χ1v) is 12.2. The van der Waals surface area contributed by atoms with Crippen LogP contribution in [0.25, 0.3) is 10.9 Å². The molecule has 1 fully saturated rings. The third-order valence-corrected chi connectivity index (χ3v) is 7.71. The van der Waals surface area contributed by atoms with Crippen LogP contribution in [0.1, 0.15) is 32.0 Å². The van der Waals surface area contributed by atoms with Crippen LogP contribution in [0.15, 0.2) is 64.3 Å². The minimum atomic E-state index is -3.79. The zero-order valence-corrected chi connectivity index (χ0v) is 18.7. The Morgan fingerprint density at radius 2 is 1.84 bits per heavy atom. The number of nitrogens with zero attached hydrogens (tertiary/aromatic N) is 3. The molecular weight excluding hydrogens is 428 g/mol. The van der Waals surface area contributed by atoms with Crippen molar-refractivity contribution < 1.29 is 13.2 Å². The van der Waals surface area contributed by atoms with Crippen LogP contribution in [0.4, 0.5) is 0 Å². The number of fused-ring (bicyclic) bond motifs is 1. The van der Waals surface area contributed by atoms with E-state index in [1.807, 2.05) is 6.92 Å². The summed E-state index contributed by atoms with van der Waals surface area (Å²) in [6.07, 6.45) is 1.95. The molecule has 0 saturated carbocycles. The number of nitrogens with one attached hydrogen (secondary N) is 1. The van der Waals surface area contributed by atoms with Gasteiger partial charge in [0.05, 0.1) is 22.3 Å². The van der Waals surface area contributed by atoms with Crippen molar-refractivity contribution in [3.63, 3.8) is 0 Å². The first-order chi connectivity index (χ1) is 15.4. The largest absolute Gasteiger partial charge is 0.334 e. The summed E-state index contributed by atoms with van der Waals surface area (Å²) < 4.78 is 27.8. The average molecular weight is 455 g/mol. The summed E-state index contributed by atoms with van der Waals surface area (Å²) in [5.74, 6) is 0.0969. The molecule has 0 radical (unpaired) electrons. The molecule has 4 rings (SSSR count). The maximum absolute atomic E-state index is 13.5. The Labute approximate surface area is 186 Å². The van der Waals surface area contributed by atoms with Crippen LogP contribution >= 0.6 is 0 Å². The first kappa shape index (κ1) is 22.2. The highest BCUT2D eigenvalue weighted by Gasteiger charge is 2.39. The summed E-state index contributed by atoms with van der Waals surface area (Å²) in [5, 5.41) is 0.484. The number of carbonyl (C=O) groups is 1. The van der Waals surface area contributed by atoms with E-state index in [2.05, 4.69) is 9.97 Å². The molecule has 168 valence electrons. The van der Waals surface area contributed by atoms with Gasteiger partial charge in [0.1, 0.15) is 11.9 Å². The van der Waals surface area contributed by atoms with Crippen LogP contribution in [-0.2, 0) is 21.4 Å². The molecule has 8 nitrogen and oxygen atoms in total. The maximum atomic E-state index is 13.5. The third kappa shape index (κ3) is 4.31. The van der Waals surface area contributed by atoms with Crippen LogP contribution in [0.5, 0.6) is 0 Å². The Balaban J connectivity index is 1.61. The maximum Gasteiger partial charge on any atom is 0.258 e. The third-order valence-electron chi connectivity index (χ3n) is 5.78. The predicted octanol–water partition coefficient (Wildman–Crippen LogP) is 2.52. The van der Waals surface area contributed by atoms with Gasteiger partial charge in [-0.25, -0.2) is 13.4 Å². The second-order valence-corrected chi connectivity index (χ2v) is 9.71. The lowest BCUT2D eigenvalue weighted by atomic mass is 10.0. The number of amides is 1. The minimum absolute atomic E-state index is 0.102. The highest BCUT2D eigenvalue weighted by atomic mass is 32.2. The molecular formula is C23H26N4O4S. The zero-order chi connectivity index (χ0) is 22.7.